The van der Waals surface area contributed by atoms with Gasteiger partial charge in [0.1, 0.15) is 48.6 Å². The molecule has 2 atom stereocenters. The molecule has 68 heavy (non-hydrogen) atoms. The second kappa shape index (κ2) is 23.2. The molecule has 2 saturated heterocycles. The number of benzene rings is 4. The molecule has 8 rings (SSSR count). The standard InChI is InChI=1S/C25H28ClFN4O5.C22H24ClFN4O4/c1-15(32)36-17(13-31-6-4-3-5-7-31)14-35-24-11-20-16(8-23(24)34-2)12-28-25(29-20)30-21-10-22(33)18(26)9-19(21)27;1-31-20-6-13-10-25-22(27-18-8-19(30)15(23)7-16(18)24)26-17(13)9-21(20)32-12-14(29)11-28-4-2-3-5-28/h8-12,17,33H,3-7,13-14H2,1-2H3,(H,28,29,30);6-10,14,29-30H,2-5,11-12H2,1H3,(H,25,26,27). The number of β-amino-alcohol motifs (C(OH)–C–C–N with tert-alkyl or cyclic N) is 1. The second-order valence-corrected chi connectivity index (χ2v) is 17.0. The van der Waals surface area contributed by atoms with E-state index in [0.717, 1.165) is 76.1 Å². The number of likely N-dealkylation sites (tertiary alicyclic amines) is 2. The average molecular weight is 982 g/mol. The van der Waals surface area contributed by atoms with Crippen molar-refractivity contribution in [3.05, 3.63) is 82.6 Å². The first kappa shape index (κ1) is 49.6. The molecule has 5 N–H and O–H groups in total. The number of rotatable bonds is 17. The normalized spacial score (nSPS) is 15.0. The van der Waals surface area contributed by atoms with E-state index >= 15 is 0 Å². The van der Waals surface area contributed by atoms with Crippen LogP contribution in [0, 0.1) is 11.6 Å². The van der Waals surface area contributed by atoms with E-state index in [-0.39, 0.29) is 64.0 Å². The SMILES string of the molecule is COc1cc2cnc(Nc3cc(O)c(Cl)cc3F)nc2cc1OCC(CN1CCCCC1)OC(C)=O.COc1cc2cnc(Nc3cc(O)c(Cl)cc3F)nc2cc1OCC(O)CN1CCCC1. The Morgan fingerprint density at radius 2 is 1.13 bits per heavy atom. The molecule has 2 aliphatic rings. The van der Waals surface area contributed by atoms with Gasteiger partial charge in [-0.2, -0.15) is 0 Å². The maximum Gasteiger partial charge on any atom is 0.303 e. The summed E-state index contributed by atoms with van der Waals surface area (Å²) in [5.41, 5.74) is 1.01. The number of methoxy groups -OCH3 is 2. The van der Waals surface area contributed by atoms with Crippen molar-refractivity contribution in [1.82, 2.24) is 29.7 Å². The summed E-state index contributed by atoms with van der Waals surface area (Å²) in [4.78, 5) is 33.4. The van der Waals surface area contributed by atoms with Crippen LogP contribution in [0.4, 0.5) is 32.1 Å². The summed E-state index contributed by atoms with van der Waals surface area (Å²) in [6.45, 7) is 6.72. The van der Waals surface area contributed by atoms with Crippen molar-refractivity contribution in [1.29, 1.82) is 0 Å². The van der Waals surface area contributed by atoms with Crippen LogP contribution in [0.15, 0.2) is 60.9 Å². The number of aromatic hydroxyl groups is 2. The monoisotopic (exact) mass is 980 g/mol. The molecule has 2 unspecified atom stereocenters. The van der Waals surface area contributed by atoms with Gasteiger partial charge in [0.25, 0.3) is 0 Å². The number of aliphatic hydroxyl groups is 1. The number of aromatic nitrogens is 4. The highest BCUT2D eigenvalue weighted by Gasteiger charge is 2.22. The smallest absolute Gasteiger partial charge is 0.303 e. The van der Waals surface area contributed by atoms with Gasteiger partial charge in [0.05, 0.1) is 46.7 Å². The number of nitrogens with zero attached hydrogens (tertiary/aromatic N) is 6. The van der Waals surface area contributed by atoms with Crippen LogP contribution in [0.2, 0.25) is 10.0 Å². The molecule has 0 bridgehead atoms. The van der Waals surface area contributed by atoms with E-state index < -0.39 is 23.8 Å². The molecule has 4 heterocycles. The molecular weight excluding hydrogens is 929 g/mol. The molecule has 2 fully saturated rings. The second-order valence-electron chi connectivity index (χ2n) is 16.2. The number of aliphatic hydroxyl groups excluding tert-OH is 1. The molecule has 0 aliphatic carbocycles. The van der Waals surface area contributed by atoms with Gasteiger partial charge in [-0.3, -0.25) is 9.69 Å². The topological polar surface area (TPSA) is 206 Å². The predicted octanol–water partition coefficient (Wildman–Crippen LogP) is 8.39. The molecule has 4 aromatic carbocycles. The van der Waals surface area contributed by atoms with Crippen molar-refractivity contribution >= 4 is 74.2 Å². The predicted molar refractivity (Wildman–Crippen MR) is 253 cm³/mol. The van der Waals surface area contributed by atoms with E-state index in [9.17, 15) is 28.9 Å². The average Bonchev–Trinajstić information content (AvgIpc) is 3.83. The molecule has 0 radical (unpaired) electrons. The van der Waals surface area contributed by atoms with Crippen LogP contribution < -0.4 is 29.6 Å². The zero-order valence-electron chi connectivity index (χ0n) is 37.6. The molecule has 2 aliphatic heterocycles. The number of phenols is 2. The van der Waals surface area contributed by atoms with Crippen molar-refractivity contribution < 1.29 is 52.6 Å². The van der Waals surface area contributed by atoms with Crippen molar-refractivity contribution in [3.8, 4) is 34.5 Å². The minimum atomic E-state index is -0.662. The largest absolute Gasteiger partial charge is 0.506 e. The summed E-state index contributed by atoms with van der Waals surface area (Å²) in [7, 11) is 3.05. The third-order valence-corrected chi connectivity index (χ3v) is 11.7. The Labute approximate surface area is 400 Å². The van der Waals surface area contributed by atoms with E-state index in [4.69, 9.17) is 46.9 Å². The maximum absolute atomic E-state index is 14.2. The van der Waals surface area contributed by atoms with Crippen LogP contribution in [-0.4, -0.2) is 130 Å². The van der Waals surface area contributed by atoms with Gasteiger partial charge in [-0.25, -0.2) is 28.7 Å². The summed E-state index contributed by atoms with van der Waals surface area (Å²) in [5.74, 6) is -0.156. The third-order valence-electron chi connectivity index (χ3n) is 11.1. The lowest BCUT2D eigenvalue weighted by Gasteiger charge is -2.30. The Bertz CT molecular complexity index is 2710. The maximum atomic E-state index is 14.2. The summed E-state index contributed by atoms with van der Waals surface area (Å²) >= 11 is 11.5. The van der Waals surface area contributed by atoms with Crippen LogP contribution in [0.5, 0.6) is 34.5 Å². The fourth-order valence-corrected chi connectivity index (χ4v) is 8.02. The molecular formula is C47H52Cl2F2N8O9. The van der Waals surface area contributed by atoms with Gasteiger partial charge in [0.15, 0.2) is 23.0 Å². The number of piperidine rings is 1. The minimum absolute atomic E-state index is 0.0127. The summed E-state index contributed by atoms with van der Waals surface area (Å²) < 4.78 is 56.6. The Morgan fingerprint density at radius 1 is 0.676 bits per heavy atom. The van der Waals surface area contributed by atoms with E-state index in [0.29, 0.717) is 57.9 Å². The number of esters is 1. The van der Waals surface area contributed by atoms with Crippen molar-refractivity contribution in [2.24, 2.45) is 0 Å². The van der Waals surface area contributed by atoms with E-state index in [1.54, 1.807) is 36.7 Å². The molecule has 21 heteroatoms. The Hall–Kier alpha value is -6.25. The minimum Gasteiger partial charge on any atom is -0.506 e. The summed E-state index contributed by atoms with van der Waals surface area (Å²) in [6, 6.07) is 11.2. The molecule has 0 spiro atoms. The zero-order chi connectivity index (χ0) is 48.3. The van der Waals surface area contributed by atoms with Crippen LogP contribution in [0.1, 0.15) is 39.0 Å². The highest BCUT2D eigenvalue weighted by atomic mass is 35.5. The Morgan fingerprint density at radius 3 is 1.60 bits per heavy atom. The van der Waals surface area contributed by atoms with Crippen LogP contribution >= 0.6 is 23.2 Å². The fraction of sp³-hybridized carbons (Fsp3) is 0.383. The number of hydrogen-bond donors (Lipinski definition) is 5. The van der Waals surface area contributed by atoms with Crippen LogP contribution in [0.3, 0.4) is 0 Å². The quantitative estimate of drug-likeness (QED) is 0.0544. The highest BCUT2D eigenvalue weighted by molar-refractivity contribution is 6.32. The van der Waals surface area contributed by atoms with Crippen LogP contribution in [0.25, 0.3) is 21.8 Å². The van der Waals surface area contributed by atoms with Crippen molar-refractivity contribution in [3.63, 3.8) is 0 Å². The first-order chi connectivity index (χ1) is 32.7. The number of anilines is 4. The number of fused-ring (bicyclic) bond motifs is 2. The fourth-order valence-electron chi connectivity index (χ4n) is 7.72. The van der Waals surface area contributed by atoms with Gasteiger partial charge in [-0.1, -0.05) is 29.6 Å². The van der Waals surface area contributed by atoms with Gasteiger partial charge < -0.3 is 54.5 Å². The molecule has 17 nitrogen and oxygen atoms in total. The number of halogens is 4. The number of nitrogens with one attached hydrogen (secondary N) is 2. The van der Waals surface area contributed by atoms with Gasteiger partial charge in [-0.15, -0.1) is 0 Å². The van der Waals surface area contributed by atoms with E-state index in [1.165, 1.54) is 27.6 Å². The summed E-state index contributed by atoms with van der Waals surface area (Å²) in [6.07, 6.45) is 7.83. The third kappa shape index (κ3) is 13.3. The van der Waals surface area contributed by atoms with Crippen LogP contribution in [-0.2, 0) is 9.53 Å². The lowest BCUT2D eigenvalue weighted by molar-refractivity contribution is -0.149. The van der Waals surface area contributed by atoms with Gasteiger partial charge >= 0.3 is 5.97 Å². The first-order valence-corrected chi connectivity index (χ1v) is 22.7. The molecule has 362 valence electrons. The number of carbonyl (C=O) groups excluding carboxylic acids is 1. The lowest BCUT2D eigenvalue weighted by Crippen LogP contribution is -2.40. The van der Waals surface area contributed by atoms with Crippen molar-refractivity contribution in [2.45, 2.75) is 51.2 Å². The first-order valence-electron chi connectivity index (χ1n) is 21.9. The number of phenolic OH excluding ortho intramolecular Hbond substituents is 2. The molecule has 0 saturated carbocycles. The Balaban J connectivity index is 0.000000203. The zero-order valence-corrected chi connectivity index (χ0v) is 39.1. The Kier molecular flexibility index (Phi) is 16.9. The molecule has 0 amide bonds. The van der Waals surface area contributed by atoms with Gasteiger partial charge in [0, 0.05) is 67.4 Å². The van der Waals surface area contributed by atoms with Gasteiger partial charge in [0.2, 0.25) is 11.9 Å². The molecule has 6 aromatic rings. The summed E-state index contributed by atoms with van der Waals surface area (Å²) in [5, 5.41) is 36.5. The van der Waals surface area contributed by atoms with Gasteiger partial charge in [-0.05, 0) is 76.1 Å². The number of hydrogen-bond acceptors (Lipinski definition) is 17. The molecule has 2 aromatic heterocycles. The number of ether oxygens (including phenoxy) is 5. The lowest BCUT2D eigenvalue weighted by atomic mass is 10.1. The highest BCUT2D eigenvalue weighted by Crippen LogP contribution is 2.36. The number of carbonyl (C=O) groups is 1. The van der Waals surface area contributed by atoms with E-state index in [1.807, 2.05) is 0 Å². The van der Waals surface area contributed by atoms with Crippen molar-refractivity contribution in [2.75, 3.05) is 77.3 Å². The van der Waals surface area contributed by atoms with E-state index in [2.05, 4.69) is 40.4 Å².